The van der Waals surface area contributed by atoms with Crippen LogP contribution in [0.1, 0.15) is 39.0 Å². The van der Waals surface area contributed by atoms with Crippen molar-refractivity contribution in [3.8, 4) is 0 Å². The van der Waals surface area contributed by atoms with Crippen LogP contribution in [-0.4, -0.2) is 46.9 Å². The molecule has 4 N–H and O–H groups in total. The van der Waals surface area contributed by atoms with Gasteiger partial charge in [-0.3, -0.25) is 4.79 Å². The van der Waals surface area contributed by atoms with Gasteiger partial charge in [-0.2, -0.15) is 13.2 Å². The van der Waals surface area contributed by atoms with Crippen molar-refractivity contribution in [3.63, 3.8) is 0 Å². The number of amides is 1. The van der Waals surface area contributed by atoms with E-state index < -0.39 is 26.6 Å². The van der Waals surface area contributed by atoms with E-state index in [4.69, 9.17) is 19.3 Å². The van der Waals surface area contributed by atoms with Gasteiger partial charge in [-0.1, -0.05) is 24.3 Å². The lowest BCUT2D eigenvalue weighted by Gasteiger charge is -2.23. The molecular weight excluding hydrogens is 356 g/mol. The summed E-state index contributed by atoms with van der Waals surface area (Å²) in [5.74, 6) is -2.91. The fourth-order valence-electron chi connectivity index (χ4n) is 1.86. The molecule has 1 amide bonds. The van der Waals surface area contributed by atoms with Gasteiger partial charge in [-0.25, -0.2) is 4.79 Å². The van der Waals surface area contributed by atoms with Crippen molar-refractivity contribution in [2.75, 3.05) is 6.54 Å². The molecule has 0 saturated carbocycles. The summed E-state index contributed by atoms with van der Waals surface area (Å²) < 4.78 is 47.1. The van der Waals surface area contributed by atoms with E-state index in [1.807, 2.05) is 6.92 Å². The maximum Gasteiger partial charge on any atom is 0.696 e. The second-order valence-electron chi connectivity index (χ2n) is 4.93. The van der Waals surface area contributed by atoms with Crippen molar-refractivity contribution in [2.24, 2.45) is 0 Å². The molecule has 12 heteroatoms. The van der Waals surface area contributed by atoms with Crippen molar-refractivity contribution in [3.05, 3.63) is 0 Å². The summed E-state index contributed by atoms with van der Waals surface area (Å²) in [6.07, 6.45) is -1.55. The summed E-state index contributed by atoms with van der Waals surface area (Å²) in [7, 11) is -2.68. The summed E-state index contributed by atoms with van der Waals surface area (Å²) in [5.41, 5.74) is 0. The van der Waals surface area contributed by atoms with Gasteiger partial charge in [0.25, 0.3) is 0 Å². The molecule has 1 aliphatic rings. The highest BCUT2D eigenvalue weighted by Crippen LogP contribution is 2.19. The maximum atomic E-state index is 11.8. The summed E-state index contributed by atoms with van der Waals surface area (Å²) >= 11 is 0. The monoisotopic (exact) mass is 377 g/mol. The second kappa shape index (κ2) is 11.3. The van der Waals surface area contributed by atoms with Gasteiger partial charge in [-0.15, -0.1) is 4.89 Å². The molecule has 3 atom stereocenters. The Morgan fingerprint density at radius 2 is 2.00 bits per heavy atom. The first-order chi connectivity index (χ1) is 11.1. The fraction of sp³-hybridized carbons (Fsp3) is 0.833. The van der Waals surface area contributed by atoms with Gasteiger partial charge >= 0.3 is 20.4 Å². The molecule has 1 saturated heterocycles. The van der Waals surface area contributed by atoms with Crippen LogP contribution in [0.25, 0.3) is 0 Å². The van der Waals surface area contributed by atoms with E-state index >= 15 is 0 Å². The highest BCUT2D eigenvalue weighted by atomic mass is 31.1. The van der Waals surface area contributed by atoms with Gasteiger partial charge in [0.1, 0.15) is 0 Å². The number of halogens is 3. The van der Waals surface area contributed by atoms with E-state index in [9.17, 15) is 22.5 Å². The van der Waals surface area contributed by atoms with Gasteiger partial charge in [0.05, 0.1) is 6.04 Å². The van der Waals surface area contributed by atoms with Crippen molar-refractivity contribution < 1.29 is 41.8 Å². The molecule has 1 heterocycles. The zero-order valence-corrected chi connectivity index (χ0v) is 13.9. The Balaban J connectivity index is 0.000000640. The molecule has 140 valence electrons. The smallest absolute Gasteiger partial charge is 0.475 e. The van der Waals surface area contributed by atoms with E-state index in [1.54, 1.807) is 0 Å². The Bertz CT molecular complexity index is 430. The molecule has 0 spiro atoms. The fourth-order valence-corrected chi connectivity index (χ4v) is 2.23. The molecule has 0 radical (unpaired) electrons. The van der Waals surface area contributed by atoms with Crippen molar-refractivity contribution >= 4 is 20.1 Å². The number of carboxylic acids is 1. The Morgan fingerprint density at radius 1 is 1.42 bits per heavy atom. The standard InChI is InChI=1S/C10H19N2O4P.C2HF3O2/c1-2-5-9(16-17(14)15)12-10(13)8-6-3-4-7-11-8;3-2(4,5)1(6)7/h8-9,11H,2-7H2,1H3,(H-,12,13,14,15);(H,6,7)/p+1/t8-,9+;/m0./s1. The summed E-state index contributed by atoms with van der Waals surface area (Å²) in [4.78, 5) is 29.4. The van der Waals surface area contributed by atoms with Crippen molar-refractivity contribution in [2.45, 2.75) is 57.5 Å². The molecule has 1 unspecified atom stereocenters. The number of nitrogens with one attached hydrogen (secondary N) is 2. The first-order valence-electron chi connectivity index (χ1n) is 7.24. The van der Waals surface area contributed by atoms with Crippen LogP contribution in [0.2, 0.25) is 0 Å². The summed E-state index contributed by atoms with van der Waals surface area (Å²) in [5, 5.41) is 12.9. The van der Waals surface area contributed by atoms with Crippen LogP contribution in [-0.2, 0) is 18.7 Å². The van der Waals surface area contributed by atoms with Gasteiger partial charge in [0, 0.05) is 4.57 Å². The van der Waals surface area contributed by atoms with E-state index in [-0.39, 0.29) is 11.9 Å². The normalized spacial score (nSPS) is 19.5. The van der Waals surface area contributed by atoms with Crippen LogP contribution in [0.15, 0.2) is 0 Å². The molecule has 0 aliphatic carbocycles. The minimum absolute atomic E-state index is 0.153. The maximum absolute atomic E-state index is 11.8. The zero-order valence-electron chi connectivity index (χ0n) is 13.0. The summed E-state index contributed by atoms with van der Waals surface area (Å²) in [6, 6.07) is -0.205. The third kappa shape index (κ3) is 10.5. The topological polar surface area (TPSA) is 125 Å². The molecular formula is C12H21F3N2O6P+. The molecule has 0 bridgehead atoms. The highest BCUT2D eigenvalue weighted by Gasteiger charge is 2.38. The molecule has 8 nitrogen and oxygen atoms in total. The average Bonchev–Trinajstić information content (AvgIpc) is 2.47. The Kier molecular flexibility index (Phi) is 10.7. The third-order valence-electron chi connectivity index (χ3n) is 2.94. The minimum Gasteiger partial charge on any atom is -0.475 e. The number of alkyl halides is 3. The number of aliphatic carboxylic acids is 1. The predicted molar refractivity (Wildman–Crippen MR) is 77.1 cm³/mol. The quantitative estimate of drug-likeness (QED) is 0.410. The third-order valence-corrected chi connectivity index (χ3v) is 3.38. The number of piperidine rings is 1. The molecule has 1 fully saturated rings. The Hall–Kier alpha value is -1.29. The van der Waals surface area contributed by atoms with Crippen LogP contribution in [0, 0.1) is 0 Å². The van der Waals surface area contributed by atoms with Crippen LogP contribution in [0.4, 0.5) is 13.2 Å². The zero-order chi connectivity index (χ0) is 18.8. The van der Waals surface area contributed by atoms with E-state index in [2.05, 4.69) is 10.6 Å². The SMILES string of the molecule is CCC[C@H](NC(=O)[C@@H]1CCCCN1)O[P+](=O)O.O=C(O)C(F)(F)F. The molecule has 1 rings (SSSR count). The molecule has 24 heavy (non-hydrogen) atoms. The van der Waals surface area contributed by atoms with E-state index in [0.29, 0.717) is 6.42 Å². The average molecular weight is 377 g/mol. The van der Waals surface area contributed by atoms with E-state index in [1.165, 1.54) is 0 Å². The van der Waals surface area contributed by atoms with Crippen LogP contribution in [0.3, 0.4) is 0 Å². The molecule has 1 aliphatic heterocycles. The number of carboxylic acid groups (broad SMARTS) is 1. The largest absolute Gasteiger partial charge is 0.696 e. The van der Waals surface area contributed by atoms with Gasteiger partial charge < -0.3 is 15.7 Å². The summed E-state index contributed by atoms with van der Waals surface area (Å²) in [6.45, 7) is 2.76. The van der Waals surface area contributed by atoms with E-state index in [0.717, 1.165) is 32.2 Å². The molecule has 0 aromatic carbocycles. The molecule has 0 aromatic heterocycles. The second-order valence-corrected chi connectivity index (χ2v) is 5.62. The van der Waals surface area contributed by atoms with Crippen molar-refractivity contribution in [1.82, 2.24) is 10.6 Å². The molecule has 0 aromatic rings. The number of carbonyl (C=O) groups is 2. The van der Waals surface area contributed by atoms with Gasteiger partial charge in [-0.05, 0) is 25.8 Å². The Labute approximate surface area is 137 Å². The number of hydrogen-bond donors (Lipinski definition) is 4. The van der Waals surface area contributed by atoms with Crippen LogP contribution in [0.5, 0.6) is 0 Å². The number of carbonyl (C=O) groups excluding carboxylic acids is 1. The predicted octanol–water partition coefficient (Wildman–Crippen LogP) is 1.67. The highest BCUT2D eigenvalue weighted by molar-refractivity contribution is 7.32. The lowest BCUT2D eigenvalue weighted by molar-refractivity contribution is -0.192. The van der Waals surface area contributed by atoms with Crippen molar-refractivity contribution in [1.29, 1.82) is 0 Å². The lowest BCUT2D eigenvalue weighted by Crippen LogP contribution is -2.49. The van der Waals surface area contributed by atoms with Gasteiger partial charge in [0.2, 0.25) is 5.91 Å². The lowest BCUT2D eigenvalue weighted by atomic mass is 10.0. The van der Waals surface area contributed by atoms with Crippen LogP contribution < -0.4 is 10.6 Å². The van der Waals surface area contributed by atoms with Crippen LogP contribution >= 0.6 is 8.25 Å². The number of rotatable bonds is 6. The first kappa shape index (κ1) is 22.7. The minimum atomic E-state index is -5.08. The first-order valence-corrected chi connectivity index (χ1v) is 8.37. The number of hydrogen-bond acceptors (Lipinski definition) is 5. The Morgan fingerprint density at radius 3 is 2.38 bits per heavy atom. The van der Waals surface area contributed by atoms with Gasteiger partial charge in [0.15, 0.2) is 6.23 Å².